The van der Waals surface area contributed by atoms with Gasteiger partial charge in [-0.1, -0.05) is 6.92 Å². The zero-order valence-corrected chi connectivity index (χ0v) is 13.4. The lowest BCUT2D eigenvalue weighted by atomic mass is 10.4. The molecular weight excluding hydrogens is 307 g/mol. The largest absolute Gasteiger partial charge is 0.369 e. The Morgan fingerprint density at radius 1 is 1.45 bits per heavy atom. The molecule has 0 aliphatic rings. The normalized spacial score (nSPS) is 13.0. The minimum Gasteiger partial charge on any atom is -0.369 e. The van der Waals surface area contributed by atoms with Gasteiger partial charge in [-0.25, -0.2) is 4.98 Å². The average Bonchev–Trinajstić information content (AvgIpc) is 2.85. The lowest BCUT2D eigenvalue weighted by Gasteiger charge is -2.21. The molecule has 10 heteroatoms. The summed E-state index contributed by atoms with van der Waals surface area (Å²) in [6, 6.07) is 0. The summed E-state index contributed by atoms with van der Waals surface area (Å²) in [4.78, 5) is 33.4. The zero-order valence-electron chi connectivity index (χ0n) is 12.4. The Balaban J connectivity index is 2.09. The summed E-state index contributed by atoms with van der Waals surface area (Å²) < 4.78 is 12.6. The average molecular weight is 328 g/mol. The van der Waals surface area contributed by atoms with E-state index in [1.165, 1.54) is 0 Å². The van der Waals surface area contributed by atoms with E-state index in [9.17, 15) is 9.36 Å². The highest BCUT2D eigenvalue weighted by Gasteiger charge is 2.11. The van der Waals surface area contributed by atoms with Crippen LogP contribution in [0.5, 0.6) is 0 Å². The highest BCUT2D eigenvalue weighted by Crippen LogP contribution is 2.12. The van der Waals surface area contributed by atoms with Gasteiger partial charge >= 0.3 is 0 Å². The Hall–Kier alpha value is -1.70. The molecule has 2 aromatic heterocycles. The van der Waals surface area contributed by atoms with Gasteiger partial charge in [-0.3, -0.25) is 14.3 Å². The molecule has 0 amide bonds. The van der Waals surface area contributed by atoms with E-state index in [0.29, 0.717) is 31.4 Å². The number of nitrogens with zero attached hydrogens (tertiary/aromatic N) is 4. The first-order chi connectivity index (χ1) is 10.5. The lowest BCUT2D eigenvalue weighted by Crippen LogP contribution is -2.30. The number of hydrogen-bond donors (Lipinski definition) is 3. The second-order valence-corrected chi connectivity index (χ2v) is 6.33. The van der Waals surface area contributed by atoms with Crippen LogP contribution in [-0.2, 0) is 11.1 Å². The van der Waals surface area contributed by atoms with Crippen LogP contribution >= 0.6 is 8.03 Å². The summed E-state index contributed by atoms with van der Waals surface area (Å²) in [6.45, 7) is 4.74. The summed E-state index contributed by atoms with van der Waals surface area (Å²) in [5, 5.41) is 0. The molecule has 9 nitrogen and oxygen atoms in total. The van der Waals surface area contributed by atoms with Crippen molar-refractivity contribution in [3.8, 4) is 0 Å². The molecule has 2 aromatic rings. The summed E-state index contributed by atoms with van der Waals surface area (Å²) in [7, 11) is -2.45. The minimum absolute atomic E-state index is 0.0588. The molecule has 0 aliphatic carbocycles. The van der Waals surface area contributed by atoms with Gasteiger partial charge in [0.25, 0.3) is 5.56 Å². The molecule has 0 saturated heterocycles. The second-order valence-electron chi connectivity index (χ2n) is 5.05. The molecule has 22 heavy (non-hydrogen) atoms. The van der Waals surface area contributed by atoms with Gasteiger partial charge in [-0.2, -0.15) is 4.98 Å². The number of nitrogen functional groups attached to an aromatic ring is 1. The maximum absolute atomic E-state index is 11.7. The Morgan fingerprint density at radius 3 is 2.91 bits per heavy atom. The van der Waals surface area contributed by atoms with E-state index < -0.39 is 8.03 Å². The zero-order chi connectivity index (χ0) is 16.1. The summed E-state index contributed by atoms with van der Waals surface area (Å²) in [5.41, 5.74) is 5.92. The topological polar surface area (TPSA) is 130 Å². The molecule has 0 aliphatic heterocycles. The Morgan fingerprint density at radius 2 is 2.23 bits per heavy atom. The van der Waals surface area contributed by atoms with Gasteiger partial charge in [0.1, 0.15) is 0 Å². The molecule has 122 valence electrons. The van der Waals surface area contributed by atoms with E-state index in [4.69, 9.17) is 10.6 Å². The maximum atomic E-state index is 11.7. The first-order valence-electron chi connectivity index (χ1n) is 7.16. The number of imidazole rings is 1. The third kappa shape index (κ3) is 4.16. The number of nitrogens with two attached hydrogens (primary N) is 1. The molecule has 0 aromatic carbocycles. The molecule has 4 N–H and O–H groups in total. The number of hydrogen-bond acceptors (Lipinski definition) is 6. The minimum atomic E-state index is -2.45. The maximum Gasteiger partial charge on any atom is 0.280 e. The Bertz CT molecular complexity index is 712. The van der Waals surface area contributed by atoms with Crippen molar-refractivity contribution in [3.63, 3.8) is 0 Å². The fraction of sp³-hybridized carbons (Fsp3) is 0.583. The molecule has 0 radical (unpaired) electrons. The van der Waals surface area contributed by atoms with Crippen molar-refractivity contribution in [2.45, 2.75) is 19.9 Å². The van der Waals surface area contributed by atoms with E-state index in [1.807, 2.05) is 0 Å². The fourth-order valence-electron chi connectivity index (χ4n) is 2.29. The van der Waals surface area contributed by atoms with Crippen molar-refractivity contribution >= 4 is 25.1 Å². The van der Waals surface area contributed by atoms with Crippen LogP contribution in [0.4, 0.5) is 5.95 Å². The molecule has 0 saturated carbocycles. The van der Waals surface area contributed by atoms with Gasteiger partial charge in [0.2, 0.25) is 5.95 Å². The number of rotatable bonds is 8. The van der Waals surface area contributed by atoms with E-state index in [0.717, 1.165) is 13.0 Å². The first kappa shape index (κ1) is 16.7. The van der Waals surface area contributed by atoms with Crippen molar-refractivity contribution in [2.24, 2.45) is 0 Å². The van der Waals surface area contributed by atoms with E-state index in [2.05, 4.69) is 26.8 Å². The summed E-state index contributed by atoms with van der Waals surface area (Å²) in [6.07, 6.45) is 2.81. The van der Waals surface area contributed by atoms with Crippen molar-refractivity contribution in [3.05, 3.63) is 16.7 Å². The number of H-pyrrole nitrogens is 1. The van der Waals surface area contributed by atoms with Gasteiger partial charge < -0.3 is 20.1 Å². The number of anilines is 1. The van der Waals surface area contributed by atoms with Crippen molar-refractivity contribution in [2.75, 3.05) is 31.5 Å². The van der Waals surface area contributed by atoms with Crippen LogP contribution in [0, 0.1) is 0 Å². The third-order valence-corrected chi connectivity index (χ3v) is 3.98. The van der Waals surface area contributed by atoms with Gasteiger partial charge in [-0.15, -0.1) is 0 Å². The molecule has 2 heterocycles. The van der Waals surface area contributed by atoms with Crippen LogP contribution in [0.2, 0.25) is 0 Å². The van der Waals surface area contributed by atoms with Crippen LogP contribution in [0.3, 0.4) is 0 Å². The van der Waals surface area contributed by atoms with Gasteiger partial charge in [-0.05, 0) is 13.0 Å². The lowest BCUT2D eigenvalue weighted by molar-refractivity contribution is 0.277. The number of aromatic amines is 1. The van der Waals surface area contributed by atoms with Crippen LogP contribution in [0.1, 0.15) is 13.3 Å². The quantitative estimate of drug-likeness (QED) is 0.576. The Labute approximate surface area is 128 Å². The molecule has 0 spiro atoms. The smallest absolute Gasteiger partial charge is 0.280 e. The summed E-state index contributed by atoms with van der Waals surface area (Å²) in [5.74, 6) is 0.0588. The molecule has 1 unspecified atom stereocenters. The number of fused-ring (bicyclic) bond motifs is 1. The summed E-state index contributed by atoms with van der Waals surface area (Å²) >= 11 is 0. The van der Waals surface area contributed by atoms with E-state index in [-0.39, 0.29) is 17.0 Å². The van der Waals surface area contributed by atoms with Crippen LogP contribution in [-0.4, -0.2) is 55.1 Å². The highest BCUT2D eigenvalue weighted by molar-refractivity contribution is 7.38. The SMILES string of the molecule is CCCN(CCn1cnc2c(=O)[nH]c(N)nc21)CC[PH](=O)O. The van der Waals surface area contributed by atoms with Crippen LogP contribution in [0.15, 0.2) is 11.1 Å². The molecule has 0 fully saturated rings. The molecule has 2 rings (SSSR count). The fourth-order valence-corrected chi connectivity index (χ4v) is 2.80. The van der Waals surface area contributed by atoms with E-state index >= 15 is 0 Å². The van der Waals surface area contributed by atoms with Gasteiger partial charge in [0.05, 0.1) is 6.33 Å². The monoisotopic (exact) mass is 328 g/mol. The number of nitrogens with one attached hydrogen (secondary N) is 1. The van der Waals surface area contributed by atoms with Crippen LogP contribution in [0.25, 0.3) is 11.2 Å². The second kappa shape index (κ2) is 7.53. The predicted octanol–water partition coefficient (Wildman–Crippen LogP) is -0.119. The predicted molar refractivity (Wildman–Crippen MR) is 85.4 cm³/mol. The van der Waals surface area contributed by atoms with Crippen molar-refractivity contribution < 1.29 is 9.46 Å². The molecular formula is C12H21N6O3P. The van der Waals surface area contributed by atoms with Gasteiger partial charge in [0.15, 0.2) is 19.2 Å². The van der Waals surface area contributed by atoms with Crippen LogP contribution < -0.4 is 11.3 Å². The van der Waals surface area contributed by atoms with Gasteiger partial charge in [0, 0.05) is 25.8 Å². The highest BCUT2D eigenvalue weighted by atomic mass is 31.1. The third-order valence-electron chi connectivity index (χ3n) is 3.33. The Kier molecular flexibility index (Phi) is 5.70. The number of aromatic nitrogens is 4. The molecule has 0 bridgehead atoms. The molecule has 1 atom stereocenters. The van der Waals surface area contributed by atoms with Crippen molar-refractivity contribution in [1.82, 2.24) is 24.4 Å². The first-order valence-corrected chi connectivity index (χ1v) is 8.72. The van der Waals surface area contributed by atoms with E-state index in [1.54, 1.807) is 10.9 Å². The standard InChI is InChI=1S/C12H21N6O3P/c1-2-3-17(6-7-22(20)21)4-5-18-8-14-9-10(18)15-12(13)16-11(9)19/h8,22H,2-7H2,1H3,(H,20,21)(H3,13,15,16,19). The van der Waals surface area contributed by atoms with Crippen molar-refractivity contribution in [1.29, 1.82) is 0 Å².